The van der Waals surface area contributed by atoms with E-state index in [2.05, 4.69) is 36.1 Å². The minimum atomic E-state index is -0.255. The molecular formula is C25H17Cl2N7O. The zero-order chi connectivity index (χ0) is 23.7. The van der Waals surface area contributed by atoms with Crippen LogP contribution in [0.4, 0.5) is 0 Å². The average Bonchev–Trinajstić information content (AvgIpc) is 3.62. The van der Waals surface area contributed by atoms with Crippen molar-refractivity contribution in [2.45, 2.75) is 18.9 Å². The summed E-state index contributed by atoms with van der Waals surface area (Å²) < 4.78 is 3.78. The summed E-state index contributed by atoms with van der Waals surface area (Å²) in [7, 11) is 0. The van der Waals surface area contributed by atoms with E-state index in [1.807, 2.05) is 54.7 Å². The van der Waals surface area contributed by atoms with E-state index in [4.69, 9.17) is 23.2 Å². The number of nitrogens with one attached hydrogen (secondary N) is 2. The van der Waals surface area contributed by atoms with Crippen LogP contribution >= 0.6 is 23.2 Å². The molecule has 172 valence electrons. The van der Waals surface area contributed by atoms with Crippen LogP contribution in [-0.2, 0) is 6.42 Å². The molecular weight excluding hydrogens is 485 g/mol. The van der Waals surface area contributed by atoms with Crippen molar-refractivity contribution in [1.82, 2.24) is 34.7 Å². The fourth-order valence-corrected chi connectivity index (χ4v) is 5.53. The number of aromatic nitrogens is 7. The Morgan fingerprint density at radius 3 is 2.77 bits per heavy atom. The average molecular weight is 502 g/mol. The van der Waals surface area contributed by atoms with Gasteiger partial charge in [-0.1, -0.05) is 34.5 Å². The number of rotatable bonds is 3. The highest BCUT2D eigenvalue weighted by atomic mass is 35.5. The van der Waals surface area contributed by atoms with Gasteiger partial charge in [0.05, 0.1) is 39.0 Å². The van der Waals surface area contributed by atoms with Crippen molar-refractivity contribution in [2.75, 3.05) is 0 Å². The van der Waals surface area contributed by atoms with E-state index in [9.17, 15) is 4.79 Å². The third-order valence-corrected chi connectivity index (χ3v) is 7.19. The first-order chi connectivity index (χ1) is 17.0. The highest BCUT2D eigenvalue weighted by Crippen LogP contribution is 2.39. The molecule has 0 unspecified atom stereocenters. The number of imidazole rings is 1. The van der Waals surface area contributed by atoms with Crippen LogP contribution in [0.1, 0.15) is 23.6 Å². The van der Waals surface area contributed by atoms with E-state index in [1.54, 1.807) is 4.68 Å². The summed E-state index contributed by atoms with van der Waals surface area (Å²) in [6.07, 6.45) is 3.72. The Labute approximate surface area is 208 Å². The maximum absolute atomic E-state index is 11.7. The third kappa shape index (κ3) is 3.21. The van der Waals surface area contributed by atoms with E-state index < -0.39 is 0 Å². The summed E-state index contributed by atoms with van der Waals surface area (Å²) >= 11 is 12.9. The van der Waals surface area contributed by atoms with Gasteiger partial charge in [-0.25, -0.2) is 9.48 Å². The molecule has 1 atom stereocenters. The molecule has 2 N–H and O–H groups in total. The van der Waals surface area contributed by atoms with Crippen LogP contribution in [0.2, 0.25) is 10.0 Å². The van der Waals surface area contributed by atoms with Crippen molar-refractivity contribution < 1.29 is 0 Å². The number of fused-ring (bicyclic) bond motifs is 3. The van der Waals surface area contributed by atoms with Gasteiger partial charge < -0.3 is 9.97 Å². The predicted octanol–water partition coefficient (Wildman–Crippen LogP) is 5.30. The third-order valence-electron chi connectivity index (χ3n) is 6.66. The molecule has 0 radical (unpaired) electrons. The number of nitrogens with zero attached hydrogens (tertiary/aromatic N) is 5. The Morgan fingerprint density at radius 1 is 0.971 bits per heavy atom. The zero-order valence-corrected chi connectivity index (χ0v) is 19.7. The minimum Gasteiger partial charge on any atom is -0.306 e. The molecule has 35 heavy (non-hydrogen) atoms. The summed E-state index contributed by atoms with van der Waals surface area (Å²) in [5.41, 5.74) is 7.67. The lowest BCUT2D eigenvalue weighted by Crippen LogP contribution is -2.10. The van der Waals surface area contributed by atoms with Gasteiger partial charge in [0, 0.05) is 16.8 Å². The van der Waals surface area contributed by atoms with Crippen molar-refractivity contribution in [1.29, 1.82) is 0 Å². The molecule has 10 heteroatoms. The van der Waals surface area contributed by atoms with Crippen LogP contribution < -0.4 is 5.69 Å². The second kappa shape index (κ2) is 7.56. The van der Waals surface area contributed by atoms with Crippen LogP contribution in [0.25, 0.3) is 39.0 Å². The SMILES string of the molecule is O=c1[nH]c2ccc(-n3nnc4c(Cl)cc(-c5ccnn5[C@H]5CCc6cc(Cl)ccc65)cc43)cc2[nH]1. The molecule has 0 saturated heterocycles. The normalized spacial score (nSPS) is 15.3. The second-order valence-electron chi connectivity index (χ2n) is 8.69. The van der Waals surface area contributed by atoms with Crippen molar-refractivity contribution >= 4 is 45.3 Å². The number of hydrogen-bond acceptors (Lipinski definition) is 4. The van der Waals surface area contributed by atoms with Gasteiger partial charge in [0.1, 0.15) is 5.52 Å². The molecule has 0 fully saturated rings. The van der Waals surface area contributed by atoms with Gasteiger partial charge in [-0.05, 0) is 72.5 Å². The number of benzene rings is 3. The van der Waals surface area contributed by atoms with Gasteiger partial charge in [0.25, 0.3) is 0 Å². The number of hydrogen-bond donors (Lipinski definition) is 2. The maximum atomic E-state index is 11.7. The molecule has 0 aliphatic heterocycles. The molecule has 0 bridgehead atoms. The summed E-state index contributed by atoms with van der Waals surface area (Å²) in [5, 5.41) is 14.6. The lowest BCUT2D eigenvalue weighted by Gasteiger charge is -2.17. The highest BCUT2D eigenvalue weighted by Gasteiger charge is 2.27. The van der Waals surface area contributed by atoms with Crippen molar-refractivity contribution in [3.8, 4) is 16.9 Å². The lowest BCUT2D eigenvalue weighted by molar-refractivity contribution is 0.526. The fourth-order valence-electron chi connectivity index (χ4n) is 5.08. The first kappa shape index (κ1) is 20.5. The molecule has 6 aromatic rings. The second-order valence-corrected chi connectivity index (χ2v) is 9.54. The van der Waals surface area contributed by atoms with Crippen LogP contribution in [0.5, 0.6) is 0 Å². The van der Waals surface area contributed by atoms with Gasteiger partial charge in [-0.15, -0.1) is 5.10 Å². The molecule has 3 aromatic heterocycles. The molecule has 0 saturated carbocycles. The highest BCUT2D eigenvalue weighted by molar-refractivity contribution is 6.35. The maximum Gasteiger partial charge on any atom is 0.323 e. The standard InChI is InChI=1S/C25H17Cl2N7O/c26-15-2-4-17-13(9-15)1-6-22(17)34-21(7-8-28-34)14-10-18(27)24-23(11-14)33(32-31-24)16-3-5-19-20(12-16)30-25(35)29-19/h2-5,7-12,22H,1,6H2,(H2,29,30,35)/t22-/m0/s1. The quantitative estimate of drug-likeness (QED) is 0.344. The molecule has 3 heterocycles. The smallest absolute Gasteiger partial charge is 0.306 e. The molecule has 0 spiro atoms. The first-order valence-electron chi connectivity index (χ1n) is 11.1. The lowest BCUT2D eigenvalue weighted by atomic mass is 10.1. The van der Waals surface area contributed by atoms with Crippen molar-refractivity contribution in [3.05, 3.63) is 92.5 Å². The molecule has 0 amide bonds. The predicted molar refractivity (Wildman–Crippen MR) is 135 cm³/mol. The number of H-pyrrole nitrogens is 2. The molecule has 7 rings (SSSR count). The Bertz CT molecular complexity index is 1830. The number of halogens is 2. The minimum absolute atomic E-state index is 0.123. The monoisotopic (exact) mass is 501 g/mol. The summed E-state index contributed by atoms with van der Waals surface area (Å²) in [5.74, 6) is 0. The van der Waals surface area contributed by atoms with E-state index >= 15 is 0 Å². The Hall–Kier alpha value is -3.88. The van der Waals surface area contributed by atoms with Crippen LogP contribution in [0, 0.1) is 0 Å². The van der Waals surface area contributed by atoms with Gasteiger partial charge in [0.2, 0.25) is 0 Å². The molecule has 3 aromatic carbocycles. The zero-order valence-electron chi connectivity index (χ0n) is 18.2. The Kier molecular flexibility index (Phi) is 4.43. The summed E-state index contributed by atoms with van der Waals surface area (Å²) in [6.45, 7) is 0. The Balaban J connectivity index is 1.36. The van der Waals surface area contributed by atoms with Gasteiger partial charge in [-0.2, -0.15) is 5.10 Å². The number of aryl methyl sites for hydroxylation is 1. The van der Waals surface area contributed by atoms with E-state index in [-0.39, 0.29) is 11.7 Å². The Morgan fingerprint density at radius 2 is 1.86 bits per heavy atom. The fraction of sp³-hybridized carbons (Fsp3) is 0.120. The van der Waals surface area contributed by atoms with E-state index in [0.717, 1.165) is 45.8 Å². The van der Waals surface area contributed by atoms with Crippen LogP contribution in [0.15, 0.2) is 65.6 Å². The topological polar surface area (TPSA) is 97.2 Å². The van der Waals surface area contributed by atoms with Crippen molar-refractivity contribution in [2.24, 2.45) is 0 Å². The summed E-state index contributed by atoms with van der Waals surface area (Å²) in [6, 6.07) is 17.7. The van der Waals surface area contributed by atoms with Crippen LogP contribution in [-0.4, -0.2) is 34.7 Å². The van der Waals surface area contributed by atoms with Crippen LogP contribution in [0.3, 0.4) is 0 Å². The van der Waals surface area contributed by atoms with Gasteiger partial charge in [-0.3, -0.25) is 4.68 Å². The summed E-state index contributed by atoms with van der Waals surface area (Å²) in [4.78, 5) is 17.2. The number of aromatic amines is 2. The van der Waals surface area contributed by atoms with E-state index in [1.165, 1.54) is 11.1 Å². The molecule has 8 nitrogen and oxygen atoms in total. The van der Waals surface area contributed by atoms with E-state index in [0.29, 0.717) is 16.1 Å². The first-order valence-corrected chi connectivity index (χ1v) is 11.9. The molecule has 1 aliphatic carbocycles. The van der Waals surface area contributed by atoms with Gasteiger partial charge >= 0.3 is 5.69 Å². The molecule has 1 aliphatic rings. The van der Waals surface area contributed by atoms with Gasteiger partial charge in [0.15, 0.2) is 0 Å². The largest absolute Gasteiger partial charge is 0.323 e. The van der Waals surface area contributed by atoms with Crippen molar-refractivity contribution in [3.63, 3.8) is 0 Å².